The average Bonchev–Trinajstić information content (AvgIpc) is 3.32. The van der Waals surface area contributed by atoms with Gasteiger partial charge in [0.25, 0.3) is 10.0 Å². The molecule has 31 heavy (non-hydrogen) atoms. The summed E-state index contributed by atoms with van der Waals surface area (Å²) >= 11 is 15.4. The van der Waals surface area contributed by atoms with E-state index in [-0.39, 0.29) is 41.1 Å². The van der Waals surface area contributed by atoms with Crippen molar-refractivity contribution in [3.05, 3.63) is 49.3 Å². The van der Waals surface area contributed by atoms with Gasteiger partial charge in [-0.3, -0.25) is 9.71 Å². The molecule has 1 fully saturated rings. The summed E-state index contributed by atoms with van der Waals surface area (Å²) in [5, 5.41) is -0.335. The summed E-state index contributed by atoms with van der Waals surface area (Å²) in [4.78, 5) is 13.3. The normalized spacial score (nSPS) is 15.6. The standard InChI is InChI=1S/C17H14BrCl2N3O6S2/c18-10-8-12-15(29-17(24)21-12)14(20)16(10)30(25,26)22-9-3-4-11(19)13(7-9)31(27,28)23-5-1-2-6-23/h3-4,7-8,22H,1-2,5-6H2,(H,21,24). The van der Waals surface area contributed by atoms with Crippen molar-refractivity contribution in [2.75, 3.05) is 17.8 Å². The summed E-state index contributed by atoms with van der Waals surface area (Å²) < 4.78 is 60.5. The van der Waals surface area contributed by atoms with Crippen LogP contribution in [-0.4, -0.2) is 39.2 Å². The smallest absolute Gasteiger partial charge is 0.406 e. The van der Waals surface area contributed by atoms with E-state index < -0.39 is 25.8 Å². The molecule has 0 aliphatic carbocycles. The molecule has 1 aromatic heterocycles. The molecule has 0 spiro atoms. The van der Waals surface area contributed by atoms with Crippen LogP contribution < -0.4 is 10.5 Å². The number of fused-ring (bicyclic) bond motifs is 1. The Labute approximate surface area is 195 Å². The Kier molecular flexibility index (Phi) is 5.90. The lowest BCUT2D eigenvalue weighted by molar-refractivity contribution is 0.477. The van der Waals surface area contributed by atoms with Crippen molar-refractivity contribution in [2.45, 2.75) is 22.6 Å². The van der Waals surface area contributed by atoms with Gasteiger partial charge in [0.05, 0.1) is 16.2 Å². The van der Waals surface area contributed by atoms with Crippen LogP contribution in [-0.2, 0) is 20.0 Å². The molecule has 0 atom stereocenters. The van der Waals surface area contributed by atoms with Crippen molar-refractivity contribution in [3.8, 4) is 0 Å². The predicted molar refractivity (Wildman–Crippen MR) is 120 cm³/mol. The topological polar surface area (TPSA) is 130 Å². The van der Waals surface area contributed by atoms with Gasteiger partial charge in [0.15, 0.2) is 5.58 Å². The van der Waals surface area contributed by atoms with E-state index in [2.05, 4.69) is 25.6 Å². The number of aromatic nitrogens is 1. The number of benzene rings is 2. The molecule has 1 saturated heterocycles. The van der Waals surface area contributed by atoms with Gasteiger partial charge in [-0.05, 0) is 53.0 Å². The maximum atomic E-state index is 13.0. The first-order valence-corrected chi connectivity index (χ1v) is 13.3. The number of sulfonamides is 2. The second kappa shape index (κ2) is 8.09. The maximum Gasteiger partial charge on any atom is 0.417 e. The maximum absolute atomic E-state index is 13.0. The molecule has 2 heterocycles. The summed E-state index contributed by atoms with van der Waals surface area (Å²) in [6, 6.07) is 5.13. The van der Waals surface area contributed by atoms with E-state index in [1.165, 1.54) is 22.5 Å². The third kappa shape index (κ3) is 4.12. The molecule has 0 unspecified atom stereocenters. The summed E-state index contributed by atoms with van der Waals surface area (Å²) in [6.45, 7) is 0.748. The first kappa shape index (κ1) is 22.6. The molecule has 2 aromatic carbocycles. The fourth-order valence-electron chi connectivity index (χ4n) is 3.29. The highest BCUT2D eigenvalue weighted by molar-refractivity contribution is 9.10. The average molecular weight is 571 g/mol. The van der Waals surface area contributed by atoms with Crippen LogP contribution in [0.5, 0.6) is 0 Å². The number of H-pyrrole nitrogens is 1. The van der Waals surface area contributed by atoms with Crippen molar-refractivity contribution >= 4 is 76.0 Å². The van der Waals surface area contributed by atoms with Gasteiger partial charge in [0.2, 0.25) is 10.0 Å². The molecule has 1 aliphatic heterocycles. The Morgan fingerprint density at radius 2 is 1.77 bits per heavy atom. The highest BCUT2D eigenvalue weighted by atomic mass is 79.9. The number of oxazole rings is 1. The van der Waals surface area contributed by atoms with Gasteiger partial charge in [0.1, 0.15) is 14.8 Å². The largest absolute Gasteiger partial charge is 0.417 e. The Morgan fingerprint density at radius 1 is 1.10 bits per heavy atom. The number of hydrogen-bond donors (Lipinski definition) is 2. The van der Waals surface area contributed by atoms with Crippen LogP contribution in [0.25, 0.3) is 11.1 Å². The van der Waals surface area contributed by atoms with E-state index in [1.54, 1.807) is 0 Å². The van der Waals surface area contributed by atoms with Crippen molar-refractivity contribution in [3.63, 3.8) is 0 Å². The van der Waals surface area contributed by atoms with Crippen LogP contribution in [0, 0.1) is 0 Å². The van der Waals surface area contributed by atoms with Gasteiger partial charge >= 0.3 is 5.76 Å². The number of hydrogen-bond acceptors (Lipinski definition) is 6. The highest BCUT2D eigenvalue weighted by Crippen LogP contribution is 2.37. The van der Waals surface area contributed by atoms with Gasteiger partial charge in [0, 0.05) is 17.6 Å². The zero-order chi connectivity index (χ0) is 22.6. The zero-order valence-electron chi connectivity index (χ0n) is 15.5. The number of halogens is 3. The SMILES string of the molecule is O=c1[nH]c2cc(Br)c(S(=O)(=O)Nc3ccc(Cl)c(S(=O)(=O)N4CCCC4)c3)c(Cl)c2o1. The Bertz CT molecular complexity index is 1460. The lowest BCUT2D eigenvalue weighted by atomic mass is 10.3. The molecular formula is C17H14BrCl2N3O6S2. The van der Waals surface area contributed by atoms with E-state index in [9.17, 15) is 21.6 Å². The molecule has 9 nitrogen and oxygen atoms in total. The van der Waals surface area contributed by atoms with Crippen molar-refractivity contribution < 1.29 is 21.3 Å². The number of rotatable bonds is 5. The third-order valence-electron chi connectivity index (χ3n) is 4.70. The molecule has 0 amide bonds. The lowest BCUT2D eigenvalue weighted by Crippen LogP contribution is -2.28. The minimum Gasteiger partial charge on any atom is -0.406 e. The quantitative estimate of drug-likeness (QED) is 0.480. The fourth-order valence-corrected chi connectivity index (χ4v) is 8.22. The van der Waals surface area contributed by atoms with E-state index in [4.69, 9.17) is 27.6 Å². The Balaban J connectivity index is 1.76. The number of nitrogens with zero attached hydrogens (tertiary/aromatic N) is 1. The summed E-state index contributed by atoms with van der Waals surface area (Å²) in [5.74, 6) is -0.791. The number of aromatic amines is 1. The van der Waals surface area contributed by atoms with Gasteiger partial charge < -0.3 is 4.42 Å². The minimum absolute atomic E-state index is 0.0235. The first-order chi connectivity index (χ1) is 14.5. The molecule has 0 radical (unpaired) electrons. The second-order valence-corrected chi connectivity index (χ2v) is 11.9. The molecule has 0 bridgehead atoms. The molecule has 0 saturated carbocycles. The monoisotopic (exact) mass is 569 g/mol. The van der Waals surface area contributed by atoms with Crippen LogP contribution in [0.1, 0.15) is 12.8 Å². The van der Waals surface area contributed by atoms with Gasteiger partial charge in [-0.2, -0.15) is 4.31 Å². The van der Waals surface area contributed by atoms with Crippen molar-refractivity contribution in [1.29, 1.82) is 0 Å². The van der Waals surface area contributed by atoms with Crippen LogP contribution in [0.15, 0.2) is 47.7 Å². The minimum atomic E-state index is -4.31. The number of anilines is 1. The zero-order valence-corrected chi connectivity index (χ0v) is 20.2. The van der Waals surface area contributed by atoms with E-state index in [0.717, 1.165) is 18.9 Å². The molecule has 14 heteroatoms. The van der Waals surface area contributed by atoms with E-state index in [0.29, 0.717) is 13.1 Å². The van der Waals surface area contributed by atoms with Crippen LogP contribution in [0.4, 0.5) is 5.69 Å². The van der Waals surface area contributed by atoms with Crippen LogP contribution in [0.2, 0.25) is 10.0 Å². The van der Waals surface area contributed by atoms with Crippen molar-refractivity contribution in [2.24, 2.45) is 0 Å². The van der Waals surface area contributed by atoms with Crippen LogP contribution in [0.3, 0.4) is 0 Å². The Hall–Kier alpha value is -1.57. The molecule has 4 rings (SSSR count). The first-order valence-electron chi connectivity index (χ1n) is 8.84. The third-order valence-corrected chi connectivity index (χ3v) is 9.90. The van der Waals surface area contributed by atoms with Gasteiger partial charge in [-0.1, -0.05) is 23.2 Å². The van der Waals surface area contributed by atoms with Crippen molar-refractivity contribution in [1.82, 2.24) is 9.29 Å². The molecule has 1 aliphatic rings. The summed E-state index contributed by atoms with van der Waals surface area (Å²) in [6.07, 6.45) is 1.49. The highest BCUT2D eigenvalue weighted by Gasteiger charge is 2.30. The van der Waals surface area contributed by atoms with E-state index >= 15 is 0 Å². The predicted octanol–water partition coefficient (Wildman–Crippen LogP) is 3.78. The Morgan fingerprint density at radius 3 is 2.45 bits per heavy atom. The lowest BCUT2D eigenvalue weighted by Gasteiger charge is -2.18. The molecule has 2 N–H and O–H groups in total. The van der Waals surface area contributed by atoms with Gasteiger partial charge in [-0.25, -0.2) is 21.6 Å². The summed E-state index contributed by atoms with van der Waals surface area (Å²) in [5.41, 5.74) is 0.0655. The van der Waals surface area contributed by atoms with Gasteiger partial charge in [-0.15, -0.1) is 0 Å². The molecule has 3 aromatic rings. The summed E-state index contributed by atoms with van der Waals surface area (Å²) in [7, 11) is -8.18. The molecular weight excluding hydrogens is 557 g/mol. The second-order valence-electron chi connectivity index (χ2n) is 6.75. The van der Waals surface area contributed by atoms with Crippen LogP contribution >= 0.6 is 39.1 Å². The molecule has 166 valence electrons. The van der Waals surface area contributed by atoms with E-state index in [1.807, 2.05) is 0 Å². The fraction of sp³-hybridized carbons (Fsp3) is 0.235. The number of nitrogens with one attached hydrogen (secondary N) is 2.